The van der Waals surface area contributed by atoms with Crippen LogP contribution in [0.4, 0.5) is 5.69 Å². The predicted molar refractivity (Wildman–Crippen MR) is 64.5 cm³/mol. The Morgan fingerprint density at radius 1 is 1.22 bits per heavy atom. The number of ketones is 2. The second-order valence-electron chi connectivity index (χ2n) is 4.06. The van der Waals surface area contributed by atoms with E-state index in [4.69, 9.17) is 10.5 Å². The normalized spacial score (nSPS) is 14.8. The fraction of sp³-hybridized carbons (Fsp3) is 0.250. The number of methoxy groups -OCH3 is 1. The maximum absolute atomic E-state index is 12.1. The summed E-state index contributed by atoms with van der Waals surface area (Å²) in [6, 6.07) is 0. The Morgan fingerprint density at radius 2 is 1.83 bits per heavy atom. The van der Waals surface area contributed by atoms with Crippen LogP contribution in [0.5, 0.6) is 0 Å². The molecule has 1 aromatic heterocycles. The number of Topliss-reactive ketones (excluding diaryl/α,β-unsaturated/α-hetero) is 2. The van der Waals surface area contributed by atoms with E-state index in [0.29, 0.717) is 0 Å². The molecule has 0 amide bonds. The number of ether oxygens (including phenoxy) is 1. The molecule has 2 rings (SSSR count). The van der Waals surface area contributed by atoms with E-state index in [9.17, 15) is 14.4 Å². The Kier molecular flexibility index (Phi) is 2.58. The first-order chi connectivity index (χ1) is 8.40. The van der Waals surface area contributed by atoms with Gasteiger partial charge in [0, 0.05) is 18.8 Å². The first kappa shape index (κ1) is 12.1. The predicted octanol–water partition coefficient (Wildman–Crippen LogP) is 0.267. The van der Waals surface area contributed by atoms with Crippen LogP contribution in [0.1, 0.15) is 27.6 Å². The number of nitrogens with zero attached hydrogens (tertiary/aromatic N) is 1. The minimum absolute atomic E-state index is 0.00875. The molecule has 2 N–H and O–H groups in total. The summed E-state index contributed by atoms with van der Waals surface area (Å²) in [5.74, 6) is -0.894. The van der Waals surface area contributed by atoms with E-state index in [0.717, 1.165) is 0 Å². The molecule has 0 fully saturated rings. The monoisotopic (exact) mass is 248 g/mol. The zero-order valence-corrected chi connectivity index (χ0v) is 10.2. The molecule has 18 heavy (non-hydrogen) atoms. The standard InChI is InChI=1S/C12H12N2O4/c1-5-9(15)7-6(10(16)11(5)18-3)4-14(2)12(17)8(7)13/h4H,13H2,1-3H3. The van der Waals surface area contributed by atoms with E-state index in [1.165, 1.54) is 31.8 Å². The van der Waals surface area contributed by atoms with Crippen LogP contribution in [0, 0.1) is 0 Å². The van der Waals surface area contributed by atoms with Gasteiger partial charge >= 0.3 is 0 Å². The zero-order valence-electron chi connectivity index (χ0n) is 10.2. The van der Waals surface area contributed by atoms with Gasteiger partial charge in [0.05, 0.1) is 18.2 Å². The van der Waals surface area contributed by atoms with E-state index in [2.05, 4.69) is 0 Å². The van der Waals surface area contributed by atoms with Crippen LogP contribution in [0.3, 0.4) is 0 Å². The molecular formula is C12H12N2O4. The molecule has 1 aliphatic carbocycles. The lowest BCUT2D eigenvalue weighted by molar-refractivity contribution is 0.0905. The van der Waals surface area contributed by atoms with Crippen molar-refractivity contribution in [1.82, 2.24) is 4.57 Å². The highest BCUT2D eigenvalue weighted by atomic mass is 16.5. The van der Waals surface area contributed by atoms with Gasteiger partial charge in [-0.3, -0.25) is 14.4 Å². The molecule has 0 bridgehead atoms. The summed E-state index contributed by atoms with van der Waals surface area (Å²) in [4.78, 5) is 35.9. The van der Waals surface area contributed by atoms with Gasteiger partial charge in [0.2, 0.25) is 5.78 Å². The Bertz CT molecular complexity index is 667. The van der Waals surface area contributed by atoms with Crippen molar-refractivity contribution in [3.8, 4) is 0 Å². The number of hydrogen-bond acceptors (Lipinski definition) is 5. The van der Waals surface area contributed by atoms with Crippen molar-refractivity contribution in [1.29, 1.82) is 0 Å². The number of carbonyl (C=O) groups excluding carboxylic acids is 2. The quantitative estimate of drug-likeness (QED) is 0.770. The Morgan fingerprint density at radius 3 is 2.39 bits per heavy atom. The molecule has 6 nitrogen and oxygen atoms in total. The van der Waals surface area contributed by atoms with Crippen molar-refractivity contribution >= 4 is 17.3 Å². The van der Waals surface area contributed by atoms with E-state index >= 15 is 0 Å². The van der Waals surface area contributed by atoms with Crippen LogP contribution < -0.4 is 11.3 Å². The van der Waals surface area contributed by atoms with Gasteiger partial charge in [-0.1, -0.05) is 0 Å². The summed E-state index contributed by atoms with van der Waals surface area (Å²) in [5, 5.41) is 0. The SMILES string of the molecule is COC1=C(C)C(=O)c2c(cn(C)c(=O)c2N)C1=O. The van der Waals surface area contributed by atoms with Gasteiger partial charge in [-0.2, -0.15) is 0 Å². The van der Waals surface area contributed by atoms with Crippen molar-refractivity contribution < 1.29 is 14.3 Å². The van der Waals surface area contributed by atoms with Crippen LogP contribution in [-0.2, 0) is 11.8 Å². The Labute approximate surface area is 103 Å². The van der Waals surface area contributed by atoms with Gasteiger partial charge < -0.3 is 15.0 Å². The average Bonchev–Trinajstić information content (AvgIpc) is 2.34. The number of rotatable bonds is 1. The molecule has 0 aromatic carbocycles. The van der Waals surface area contributed by atoms with E-state index < -0.39 is 17.1 Å². The van der Waals surface area contributed by atoms with Crippen LogP contribution in [0.25, 0.3) is 0 Å². The number of fused-ring (bicyclic) bond motifs is 1. The number of carbonyl (C=O) groups is 2. The summed E-state index contributed by atoms with van der Waals surface area (Å²) in [6.45, 7) is 1.47. The van der Waals surface area contributed by atoms with E-state index in [-0.39, 0.29) is 28.1 Å². The summed E-state index contributed by atoms with van der Waals surface area (Å²) in [5.41, 5.74) is 5.17. The molecule has 1 aromatic rings. The third-order valence-corrected chi connectivity index (χ3v) is 2.98. The third-order valence-electron chi connectivity index (χ3n) is 2.98. The molecule has 1 heterocycles. The van der Waals surface area contributed by atoms with Crippen molar-refractivity contribution in [2.75, 3.05) is 12.8 Å². The molecule has 0 radical (unpaired) electrons. The number of allylic oxidation sites excluding steroid dienone is 2. The van der Waals surface area contributed by atoms with Crippen molar-refractivity contribution in [2.45, 2.75) is 6.92 Å². The molecule has 0 spiro atoms. The molecule has 0 aliphatic heterocycles. The topological polar surface area (TPSA) is 91.4 Å². The number of nitrogen functional groups attached to an aromatic ring is 1. The van der Waals surface area contributed by atoms with Crippen LogP contribution in [0.2, 0.25) is 0 Å². The first-order valence-electron chi connectivity index (χ1n) is 5.23. The van der Waals surface area contributed by atoms with Crippen molar-refractivity contribution in [2.24, 2.45) is 7.05 Å². The molecule has 94 valence electrons. The van der Waals surface area contributed by atoms with Crippen LogP contribution >= 0.6 is 0 Å². The maximum atomic E-state index is 12.1. The lowest BCUT2D eigenvalue weighted by Crippen LogP contribution is -2.30. The molecule has 0 atom stereocenters. The zero-order chi connectivity index (χ0) is 13.6. The second-order valence-corrected chi connectivity index (χ2v) is 4.06. The molecule has 0 unspecified atom stereocenters. The Balaban J connectivity index is 2.86. The number of pyridine rings is 1. The average molecular weight is 248 g/mol. The van der Waals surface area contributed by atoms with Gasteiger partial charge in [0.1, 0.15) is 5.69 Å². The number of aryl methyl sites for hydroxylation is 1. The summed E-state index contributed by atoms with van der Waals surface area (Å²) >= 11 is 0. The molecule has 6 heteroatoms. The van der Waals surface area contributed by atoms with E-state index in [1.807, 2.05) is 0 Å². The van der Waals surface area contributed by atoms with Gasteiger partial charge in [-0.05, 0) is 6.92 Å². The lowest BCUT2D eigenvalue weighted by Gasteiger charge is -2.19. The summed E-state index contributed by atoms with van der Waals surface area (Å²) < 4.78 is 6.11. The highest BCUT2D eigenvalue weighted by Gasteiger charge is 2.34. The molecule has 0 saturated carbocycles. The van der Waals surface area contributed by atoms with Crippen molar-refractivity contribution in [3.63, 3.8) is 0 Å². The van der Waals surface area contributed by atoms with Crippen molar-refractivity contribution in [3.05, 3.63) is 39.0 Å². The second kappa shape index (κ2) is 3.83. The van der Waals surface area contributed by atoms with Gasteiger partial charge in [0.25, 0.3) is 5.56 Å². The minimum atomic E-state index is -0.497. The molecule has 1 aliphatic rings. The van der Waals surface area contributed by atoms with Gasteiger partial charge in [-0.15, -0.1) is 0 Å². The first-order valence-corrected chi connectivity index (χ1v) is 5.23. The third kappa shape index (κ3) is 1.38. The molecular weight excluding hydrogens is 236 g/mol. The maximum Gasteiger partial charge on any atom is 0.274 e. The minimum Gasteiger partial charge on any atom is -0.492 e. The molecule has 0 saturated heterocycles. The fourth-order valence-corrected chi connectivity index (χ4v) is 2.00. The number of aromatic nitrogens is 1. The summed E-state index contributed by atoms with van der Waals surface area (Å²) in [7, 11) is 2.79. The largest absolute Gasteiger partial charge is 0.492 e. The van der Waals surface area contributed by atoms with Crippen LogP contribution in [0.15, 0.2) is 22.3 Å². The van der Waals surface area contributed by atoms with Gasteiger partial charge in [-0.25, -0.2) is 0 Å². The van der Waals surface area contributed by atoms with Gasteiger partial charge in [0.15, 0.2) is 11.5 Å². The number of hydrogen-bond donors (Lipinski definition) is 1. The highest BCUT2D eigenvalue weighted by Crippen LogP contribution is 2.28. The smallest absolute Gasteiger partial charge is 0.274 e. The fourth-order valence-electron chi connectivity index (χ4n) is 2.00. The Hall–Kier alpha value is -2.37. The van der Waals surface area contributed by atoms with Crippen LogP contribution in [-0.4, -0.2) is 23.2 Å². The number of nitrogens with two attached hydrogens (primary N) is 1. The lowest BCUT2D eigenvalue weighted by atomic mass is 9.89. The summed E-state index contributed by atoms with van der Waals surface area (Å²) in [6.07, 6.45) is 1.31. The number of anilines is 1. The van der Waals surface area contributed by atoms with E-state index in [1.54, 1.807) is 0 Å². The highest BCUT2D eigenvalue weighted by molar-refractivity contribution is 6.27.